The van der Waals surface area contributed by atoms with Crippen LogP contribution in [0.5, 0.6) is 0 Å². The number of phosphoric acid groups is 3. The molecule has 0 heterocycles. The second-order valence-electron chi connectivity index (χ2n) is 3.93. The Morgan fingerprint density at radius 3 is 2.00 bits per heavy atom. The maximum absolute atomic E-state index is 12.2. The summed E-state index contributed by atoms with van der Waals surface area (Å²) in [6.45, 7) is 0.862. The lowest BCUT2D eigenvalue weighted by Crippen LogP contribution is -2.09. The molecule has 0 radical (unpaired) electrons. The van der Waals surface area contributed by atoms with E-state index in [1.165, 1.54) is 0 Å². The first kappa shape index (κ1) is 23.3. The van der Waals surface area contributed by atoms with Crippen molar-refractivity contribution in [2.75, 3.05) is 33.0 Å². The first-order valence-corrected chi connectivity index (χ1v) is 10.9. The monoisotopic (exact) mass is 402 g/mol. The Hall–Kier alpha value is 0.330. The predicted molar refractivity (Wildman–Crippen MR) is 76.4 cm³/mol. The summed E-state index contributed by atoms with van der Waals surface area (Å²) in [5.41, 5.74) is 0. The molecule has 0 saturated carbocycles. The summed E-state index contributed by atoms with van der Waals surface area (Å²) in [5, 5.41) is 8.50. The summed E-state index contributed by atoms with van der Waals surface area (Å²) in [7, 11) is -15.4. The van der Waals surface area contributed by atoms with Gasteiger partial charge in [-0.05, 0) is 6.42 Å². The van der Waals surface area contributed by atoms with Gasteiger partial charge in [0.1, 0.15) is 0 Å². The van der Waals surface area contributed by atoms with Crippen LogP contribution in [0.2, 0.25) is 0 Å². The summed E-state index contributed by atoms with van der Waals surface area (Å²) in [6.07, 6.45) is 1.07. The Kier molecular flexibility index (Phi) is 11.2. The molecule has 0 aliphatic rings. The number of phosphoric ester groups is 1. The quantitative estimate of drug-likeness (QED) is 0.241. The molecule has 0 aliphatic carbocycles. The normalized spacial score (nSPS) is 17.6. The Bertz CT molecular complexity index is 461. The summed E-state index contributed by atoms with van der Waals surface area (Å²) >= 11 is 0. The minimum atomic E-state index is -5.40. The molecule has 15 heteroatoms. The SMILES string of the molecule is CCCCOP(=O)(OCCOCCO)OP(=O)(O)OP(=O)(O)O. The minimum absolute atomic E-state index is 0.00891. The van der Waals surface area contributed by atoms with Crippen LogP contribution in [0.25, 0.3) is 0 Å². The summed E-state index contributed by atoms with van der Waals surface area (Å²) in [6, 6.07) is 0. The van der Waals surface area contributed by atoms with Crippen molar-refractivity contribution in [3.05, 3.63) is 0 Å². The van der Waals surface area contributed by atoms with E-state index < -0.39 is 23.5 Å². The lowest BCUT2D eigenvalue weighted by molar-refractivity contribution is 0.0560. The maximum atomic E-state index is 12.2. The number of rotatable bonds is 14. The molecule has 0 rings (SSSR count). The highest BCUT2D eigenvalue weighted by molar-refractivity contribution is 7.66. The van der Waals surface area contributed by atoms with Crippen LogP contribution >= 0.6 is 23.5 Å². The van der Waals surface area contributed by atoms with Crippen LogP contribution in [0.1, 0.15) is 19.8 Å². The third-order valence-corrected chi connectivity index (χ3v) is 6.17. The molecule has 4 N–H and O–H groups in total. The average molecular weight is 402 g/mol. The topological polar surface area (TPSA) is 178 Å². The van der Waals surface area contributed by atoms with Crippen molar-refractivity contribution in [3.63, 3.8) is 0 Å². The van der Waals surface area contributed by atoms with E-state index in [4.69, 9.17) is 28.7 Å². The van der Waals surface area contributed by atoms with E-state index in [0.29, 0.717) is 12.8 Å². The van der Waals surface area contributed by atoms with Gasteiger partial charge in [-0.25, -0.2) is 13.7 Å². The van der Waals surface area contributed by atoms with Gasteiger partial charge in [0.2, 0.25) is 0 Å². The molecule has 23 heavy (non-hydrogen) atoms. The zero-order valence-corrected chi connectivity index (χ0v) is 15.0. The van der Waals surface area contributed by atoms with Crippen molar-refractivity contribution in [1.29, 1.82) is 0 Å². The van der Waals surface area contributed by atoms with Crippen molar-refractivity contribution in [2.24, 2.45) is 0 Å². The predicted octanol–water partition coefficient (Wildman–Crippen LogP) is 1.16. The molecule has 0 aromatic heterocycles. The van der Waals surface area contributed by atoms with Crippen LogP contribution < -0.4 is 0 Å². The summed E-state index contributed by atoms with van der Waals surface area (Å²) < 4.78 is 56.2. The molecule has 0 aromatic carbocycles. The van der Waals surface area contributed by atoms with Crippen molar-refractivity contribution in [1.82, 2.24) is 0 Å². The second-order valence-corrected chi connectivity index (χ2v) is 8.56. The minimum Gasteiger partial charge on any atom is -0.394 e. The lowest BCUT2D eigenvalue weighted by Gasteiger charge is -2.20. The Balaban J connectivity index is 4.73. The highest BCUT2D eigenvalue weighted by Crippen LogP contribution is 2.68. The van der Waals surface area contributed by atoms with E-state index >= 15 is 0 Å². The van der Waals surface area contributed by atoms with E-state index in [1.807, 2.05) is 0 Å². The molecule has 0 saturated heterocycles. The molecule has 0 aliphatic heterocycles. The largest absolute Gasteiger partial charge is 0.490 e. The smallest absolute Gasteiger partial charge is 0.394 e. The van der Waals surface area contributed by atoms with Gasteiger partial charge in [0.25, 0.3) is 0 Å². The van der Waals surface area contributed by atoms with Crippen LogP contribution in [0.15, 0.2) is 0 Å². The number of hydrogen-bond donors (Lipinski definition) is 4. The van der Waals surface area contributed by atoms with E-state index in [2.05, 4.69) is 8.62 Å². The van der Waals surface area contributed by atoms with Crippen LogP contribution in [0, 0.1) is 0 Å². The van der Waals surface area contributed by atoms with E-state index in [0.717, 1.165) is 0 Å². The molecule has 0 bridgehead atoms. The number of hydrogen-bond acceptors (Lipinski definition) is 9. The van der Waals surface area contributed by atoms with Gasteiger partial charge in [0, 0.05) is 0 Å². The molecule has 12 nitrogen and oxygen atoms in total. The molecule has 0 spiro atoms. The van der Waals surface area contributed by atoms with Gasteiger partial charge in [-0.15, -0.1) is 0 Å². The maximum Gasteiger partial charge on any atom is 0.490 e. The molecular weight excluding hydrogens is 381 g/mol. The van der Waals surface area contributed by atoms with Gasteiger partial charge in [-0.3, -0.25) is 9.05 Å². The van der Waals surface area contributed by atoms with Crippen LogP contribution in [-0.4, -0.2) is 52.8 Å². The molecule has 0 amide bonds. The third-order valence-electron chi connectivity index (χ3n) is 1.87. The second kappa shape index (κ2) is 11.0. The molecule has 2 atom stereocenters. The molecule has 0 fully saturated rings. The van der Waals surface area contributed by atoms with Crippen molar-refractivity contribution < 1.29 is 55.9 Å². The fourth-order valence-electron chi connectivity index (χ4n) is 1.06. The molecule has 140 valence electrons. The zero-order chi connectivity index (χ0) is 18.0. The lowest BCUT2D eigenvalue weighted by atomic mass is 10.4. The molecule has 0 aromatic rings. The van der Waals surface area contributed by atoms with E-state index in [9.17, 15) is 18.6 Å². The van der Waals surface area contributed by atoms with Crippen molar-refractivity contribution in [3.8, 4) is 0 Å². The number of unbranched alkanes of at least 4 members (excludes halogenated alkanes) is 1. The third kappa shape index (κ3) is 13.3. The van der Waals surface area contributed by atoms with Gasteiger partial charge in [-0.2, -0.15) is 8.62 Å². The van der Waals surface area contributed by atoms with Gasteiger partial charge in [0.05, 0.1) is 33.0 Å². The van der Waals surface area contributed by atoms with Gasteiger partial charge in [-0.1, -0.05) is 13.3 Å². The van der Waals surface area contributed by atoms with E-state index in [1.54, 1.807) is 6.92 Å². The van der Waals surface area contributed by atoms with E-state index in [-0.39, 0.29) is 33.0 Å². The van der Waals surface area contributed by atoms with Gasteiger partial charge >= 0.3 is 23.5 Å². The van der Waals surface area contributed by atoms with Gasteiger partial charge < -0.3 is 24.5 Å². The first-order valence-electron chi connectivity index (χ1n) is 6.42. The number of aliphatic hydroxyl groups excluding tert-OH is 1. The fourth-order valence-corrected chi connectivity index (χ4v) is 4.63. The van der Waals surface area contributed by atoms with Crippen molar-refractivity contribution >= 4 is 23.5 Å². The summed E-state index contributed by atoms with van der Waals surface area (Å²) in [4.78, 5) is 26.2. The zero-order valence-electron chi connectivity index (χ0n) is 12.3. The Morgan fingerprint density at radius 2 is 1.48 bits per heavy atom. The summed E-state index contributed by atoms with van der Waals surface area (Å²) in [5.74, 6) is 0. The van der Waals surface area contributed by atoms with Crippen LogP contribution in [0.3, 0.4) is 0 Å². The molecule has 2 unspecified atom stereocenters. The fraction of sp³-hybridized carbons (Fsp3) is 1.00. The number of aliphatic hydroxyl groups is 1. The number of ether oxygens (including phenoxy) is 1. The first-order chi connectivity index (χ1) is 10.5. The highest BCUT2D eigenvalue weighted by atomic mass is 31.3. The van der Waals surface area contributed by atoms with Crippen LogP contribution in [0.4, 0.5) is 0 Å². The average Bonchev–Trinajstić information content (AvgIpc) is 2.35. The highest BCUT2D eigenvalue weighted by Gasteiger charge is 2.42. The van der Waals surface area contributed by atoms with Gasteiger partial charge in [0.15, 0.2) is 0 Å². The standard InChI is InChI=1S/C8H21O12P3/c1-2-3-5-17-23(15,18-8-7-16-6-4-9)20-22(13,14)19-21(10,11)12/h9H,2-8H2,1H3,(H,13,14)(H2,10,11,12). The molecular formula is C8H21O12P3. The van der Waals surface area contributed by atoms with Crippen LogP contribution in [-0.2, 0) is 36.1 Å². The van der Waals surface area contributed by atoms with Crippen molar-refractivity contribution in [2.45, 2.75) is 19.8 Å². The Labute approximate surface area is 133 Å². The Morgan fingerprint density at radius 1 is 0.870 bits per heavy atom.